The van der Waals surface area contributed by atoms with Gasteiger partial charge in [0, 0.05) is 43.0 Å². The standard InChI is InChI=1S/C21H24N4O2S/c1-14-4-6-15(7-5-14)17-12-28-20-19(17)21(27)24(13-23-20)10-8-18(26)25-9-2-3-16(25)11-22/h4-7,12-13,16H,2-3,8-11,22H2,1H3. The first-order valence-electron chi connectivity index (χ1n) is 9.61. The van der Waals surface area contributed by atoms with E-state index in [0.29, 0.717) is 18.5 Å². The monoisotopic (exact) mass is 396 g/mol. The van der Waals surface area contributed by atoms with Gasteiger partial charge in [-0.25, -0.2) is 4.98 Å². The fourth-order valence-corrected chi connectivity index (χ4v) is 4.75. The number of hydrogen-bond donors (Lipinski definition) is 1. The second kappa shape index (κ2) is 7.85. The van der Waals surface area contributed by atoms with Crippen molar-refractivity contribution in [3.63, 3.8) is 0 Å². The van der Waals surface area contributed by atoms with E-state index in [1.165, 1.54) is 16.9 Å². The number of hydrogen-bond acceptors (Lipinski definition) is 5. The van der Waals surface area contributed by atoms with Gasteiger partial charge in [0.15, 0.2) is 0 Å². The molecule has 0 saturated carbocycles. The summed E-state index contributed by atoms with van der Waals surface area (Å²) in [4.78, 5) is 32.7. The highest BCUT2D eigenvalue weighted by atomic mass is 32.1. The van der Waals surface area contributed by atoms with E-state index in [9.17, 15) is 9.59 Å². The van der Waals surface area contributed by atoms with Crippen molar-refractivity contribution in [3.05, 3.63) is 51.9 Å². The maximum absolute atomic E-state index is 13.1. The van der Waals surface area contributed by atoms with Crippen LogP contribution in [0.5, 0.6) is 0 Å². The van der Waals surface area contributed by atoms with Crippen LogP contribution in [0.4, 0.5) is 0 Å². The molecule has 1 aliphatic heterocycles. The van der Waals surface area contributed by atoms with Gasteiger partial charge in [0.1, 0.15) is 4.83 Å². The van der Waals surface area contributed by atoms with Crippen LogP contribution < -0.4 is 11.3 Å². The summed E-state index contributed by atoms with van der Waals surface area (Å²) in [7, 11) is 0. The van der Waals surface area contributed by atoms with Gasteiger partial charge in [0.25, 0.3) is 5.56 Å². The Morgan fingerprint density at radius 2 is 2.11 bits per heavy atom. The fraction of sp³-hybridized carbons (Fsp3) is 0.381. The third-order valence-electron chi connectivity index (χ3n) is 5.46. The van der Waals surface area contributed by atoms with E-state index in [2.05, 4.69) is 4.98 Å². The van der Waals surface area contributed by atoms with E-state index >= 15 is 0 Å². The summed E-state index contributed by atoms with van der Waals surface area (Å²) in [6.45, 7) is 3.62. The van der Waals surface area contributed by atoms with Gasteiger partial charge in [-0.1, -0.05) is 29.8 Å². The molecule has 6 nitrogen and oxygen atoms in total. The van der Waals surface area contributed by atoms with Crippen LogP contribution in [0.15, 0.2) is 40.8 Å². The third-order valence-corrected chi connectivity index (χ3v) is 6.35. The Morgan fingerprint density at radius 3 is 2.86 bits per heavy atom. The molecule has 1 aromatic carbocycles. The summed E-state index contributed by atoms with van der Waals surface area (Å²) in [5.41, 5.74) is 8.76. The number of nitrogens with zero attached hydrogens (tertiary/aromatic N) is 3. The Labute approximate surface area is 167 Å². The Kier molecular flexibility index (Phi) is 5.28. The highest BCUT2D eigenvalue weighted by Gasteiger charge is 2.27. The minimum atomic E-state index is -0.0913. The zero-order chi connectivity index (χ0) is 19.7. The van der Waals surface area contributed by atoms with Crippen LogP contribution in [0.2, 0.25) is 0 Å². The molecule has 2 N–H and O–H groups in total. The molecule has 7 heteroatoms. The molecule has 3 aromatic rings. The Balaban J connectivity index is 1.59. The van der Waals surface area contributed by atoms with Gasteiger partial charge in [-0.2, -0.15) is 0 Å². The molecule has 1 unspecified atom stereocenters. The van der Waals surface area contributed by atoms with Crippen molar-refractivity contribution in [1.82, 2.24) is 14.5 Å². The lowest BCUT2D eigenvalue weighted by molar-refractivity contribution is -0.132. The Morgan fingerprint density at radius 1 is 1.32 bits per heavy atom. The van der Waals surface area contributed by atoms with Gasteiger partial charge in [-0.15, -0.1) is 11.3 Å². The number of aromatic nitrogens is 2. The first kappa shape index (κ1) is 18.8. The van der Waals surface area contributed by atoms with Crippen LogP contribution in [0, 0.1) is 6.92 Å². The fourth-order valence-electron chi connectivity index (χ4n) is 3.84. The molecule has 0 spiro atoms. The van der Waals surface area contributed by atoms with Gasteiger partial charge in [0.2, 0.25) is 5.91 Å². The summed E-state index contributed by atoms with van der Waals surface area (Å²) < 4.78 is 1.55. The lowest BCUT2D eigenvalue weighted by atomic mass is 10.1. The van der Waals surface area contributed by atoms with Gasteiger partial charge in [0.05, 0.1) is 11.7 Å². The second-order valence-electron chi connectivity index (χ2n) is 7.31. The maximum Gasteiger partial charge on any atom is 0.262 e. The van der Waals surface area contributed by atoms with Gasteiger partial charge in [-0.3, -0.25) is 14.2 Å². The molecule has 0 aliphatic carbocycles. The largest absolute Gasteiger partial charge is 0.338 e. The van der Waals surface area contributed by atoms with Gasteiger partial charge < -0.3 is 10.6 Å². The number of carbonyl (C=O) groups is 1. The summed E-state index contributed by atoms with van der Waals surface area (Å²) >= 11 is 1.47. The average molecular weight is 397 g/mol. The summed E-state index contributed by atoms with van der Waals surface area (Å²) in [6, 6.07) is 8.26. The van der Waals surface area contributed by atoms with Crippen LogP contribution >= 0.6 is 11.3 Å². The van der Waals surface area contributed by atoms with Gasteiger partial charge in [-0.05, 0) is 25.3 Å². The number of aryl methyl sites for hydroxylation is 2. The highest BCUT2D eigenvalue weighted by Crippen LogP contribution is 2.30. The van der Waals surface area contributed by atoms with Crippen LogP contribution in [0.1, 0.15) is 24.8 Å². The maximum atomic E-state index is 13.1. The molecule has 2 aromatic heterocycles. The number of likely N-dealkylation sites (tertiary alicyclic amines) is 1. The molecule has 3 heterocycles. The minimum absolute atomic E-state index is 0.0593. The molecular weight excluding hydrogens is 372 g/mol. The molecule has 1 aliphatic rings. The predicted octanol–water partition coefficient (Wildman–Crippen LogP) is 2.77. The predicted molar refractivity (Wildman–Crippen MR) is 112 cm³/mol. The molecular formula is C21H24N4O2S. The highest BCUT2D eigenvalue weighted by molar-refractivity contribution is 7.17. The summed E-state index contributed by atoms with van der Waals surface area (Å²) in [5, 5.41) is 2.61. The van der Waals surface area contributed by atoms with Crippen LogP contribution in [-0.4, -0.2) is 39.5 Å². The lowest BCUT2D eigenvalue weighted by Crippen LogP contribution is -2.40. The number of fused-ring (bicyclic) bond motifs is 1. The molecule has 1 fully saturated rings. The molecule has 0 radical (unpaired) electrons. The van der Waals surface area contributed by atoms with Crippen LogP contribution in [0.3, 0.4) is 0 Å². The topological polar surface area (TPSA) is 81.2 Å². The third kappa shape index (κ3) is 3.47. The van der Waals surface area contributed by atoms with Crippen molar-refractivity contribution in [1.29, 1.82) is 0 Å². The first-order chi connectivity index (χ1) is 13.6. The van der Waals surface area contributed by atoms with Crippen LogP contribution in [0.25, 0.3) is 21.3 Å². The first-order valence-corrected chi connectivity index (χ1v) is 10.5. The molecule has 28 heavy (non-hydrogen) atoms. The zero-order valence-corrected chi connectivity index (χ0v) is 16.7. The van der Waals surface area contributed by atoms with E-state index in [1.807, 2.05) is 41.5 Å². The quantitative estimate of drug-likeness (QED) is 0.719. The number of carbonyl (C=O) groups excluding carboxylic acids is 1. The van der Waals surface area contributed by atoms with Crippen molar-refractivity contribution in [2.45, 2.75) is 38.8 Å². The molecule has 1 amide bonds. The van der Waals surface area contributed by atoms with E-state index in [1.54, 1.807) is 10.9 Å². The minimum Gasteiger partial charge on any atom is -0.338 e. The number of thiophene rings is 1. The Hall–Kier alpha value is -2.51. The SMILES string of the molecule is Cc1ccc(-c2csc3ncn(CCC(=O)N4CCCC4CN)c(=O)c23)cc1. The van der Waals surface area contributed by atoms with Crippen LogP contribution in [-0.2, 0) is 11.3 Å². The molecule has 0 bridgehead atoms. The van der Waals surface area contributed by atoms with Gasteiger partial charge >= 0.3 is 0 Å². The Bertz CT molecular complexity index is 1050. The molecule has 1 saturated heterocycles. The van der Waals surface area contributed by atoms with E-state index in [0.717, 1.165) is 35.3 Å². The summed E-state index contributed by atoms with van der Waals surface area (Å²) in [6.07, 6.45) is 3.80. The normalized spacial score (nSPS) is 16.8. The van der Waals surface area contributed by atoms with Crippen molar-refractivity contribution >= 4 is 27.5 Å². The van der Waals surface area contributed by atoms with E-state index in [-0.39, 0.29) is 23.9 Å². The number of amides is 1. The summed E-state index contributed by atoms with van der Waals surface area (Å²) in [5.74, 6) is 0.0593. The van der Waals surface area contributed by atoms with Crippen molar-refractivity contribution < 1.29 is 4.79 Å². The smallest absolute Gasteiger partial charge is 0.262 e. The van der Waals surface area contributed by atoms with E-state index < -0.39 is 0 Å². The number of nitrogens with two attached hydrogens (primary N) is 1. The lowest BCUT2D eigenvalue weighted by Gasteiger charge is -2.23. The van der Waals surface area contributed by atoms with Crippen molar-refractivity contribution in [3.8, 4) is 11.1 Å². The number of rotatable bonds is 5. The van der Waals surface area contributed by atoms with Crippen molar-refractivity contribution in [2.24, 2.45) is 5.73 Å². The van der Waals surface area contributed by atoms with Crippen molar-refractivity contribution in [2.75, 3.05) is 13.1 Å². The molecule has 4 rings (SSSR count). The number of benzene rings is 1. The molecule has 1 atom stereocenters. The zero-order valence-electron chi connectivity index (χ0n) is 15.9. The average Bonchev–Trinajstić information content (AvgIpc) is 3.35. The van der Waals surface area contributed by atoms with E-state index in [4.69, 9.17) is 5.73 Å². The second-order valence-corrected chi connectivity index (χ2v) is 8.17. The molecule has 146 valence electrons.